The maximum Gasteiger partial charge on any atom is 0.259 e. The number of carbonyl (C=O) groups excluding carboxylic acids is 1. The molecule has 3 aromatic rings. The van der Waals surface area contributed by atoms with E-state index in [4.69, 9.17) is 4.52 Å². The van der Waals surface area contributed by atoms with E-state index < -0.39 is 0 Å². The Bertz CT molecular complexity index is 967. The molecule has 3 aromatic heterocycles. The zero-order valence-corrected chi connectivity index (χ0v) is 15.8. The molecule has 0 aliphatic carbocycles. The van der Waals surface area contributed by atoms with E-state index in [9.17, 15) is 4.79 Å². The summed E-state index contributed by atoms with van der Waals surface area (Å²) in [4.78, 5) is 24.2. The van der Waals surface area contributed by atoms with E-state index in [0.717, 1.165) is 28.9 Å². The first-order valence-corrected chi connectivity index (χ1v) is 9.24. The van der Waals surface area contributed by atoms with Crippen molar-refractivity contribution in [3.8, 4) is 0 Å². The number of nitrogens with zero attached hydrogens (tertiary/aromatic N) is 4. The molecule has 1 saturated heterocycles. The largest absolute Gasteiger partial charge is 0.335 e. The fourth-order valence-electron chi connectivity index (χ4n) is 3.63. The number of rotatable bonds is 3. The lowest BCUT2D eigenvalue weighted by molar-refractivity contribution is 0.0635. The van der Waals surface area contributed by atoms with Gasteiger partial charge in [-0.15, -0.1) is 0 Å². The quantitative estimate of drug-likeness (QED) is 0.768. The average Bonchev–Trinajstić information content (AvgIpc) is 3.11. The second-order valence-corrected chi connectivity index (χ2v) is 7.22. The number of hydrogen-bond donors (Lipinski definition) is 1. The smallest absolute Gasteiger partial charge is 0.259 e. The zero-order chi connectivity index (χ0) is 19.0. The molecule has 7 heteroatoms. The van der Waals surface area contributed by atoms with Gasteiger partial charge in [0.15, 0.2) is 0 Å². The van der Waals surface area contributed by atoms with Crippen molar-refractivity contribution in [2.24, 2.45) is 0 Å². The van der Waals surface area contributed by atoms with E-state index in [1.54, 1.807) is 6.20 Å². The third-order valence-corrected chi connectivity index (χ3v) is 4.95. The van der Waals surface area contributed by atoms with Gasteiger partial charge in [0.05, 0.1) is 22.7 Å². The van der Waals surface area contributed by atoms with Gasteiger partial charge in [-0.25, -0.2) is 4.98 Å². The monoisotopic (exact) mass is 365 g/mol. The van der Waals surface area contributed by atoms with Crippen molar-refractivity contribution >= 4 is 17.0 Å². The first-order chi connectivity index (χ1) is 13.1. The van der Waals surface area contributed by atoms with Crippen LogP contribution in [-0.4, -0.2) is 45.6 Å². The minimum atomic E-state index is -0.0640. The summed E-state index contributed by atoms with van der Waals surface area (Å²) in [6.45, 7) is 8.03. The van der Waals surface area contributed by atoms with Crippen LogP contribution < -0.4 is 5.32 Å². The van der Waals surface area contributed by atoms with Gasteiger partial charge < -0.3 is 14.7 Å². The van der Waals surface area contributed by atoms with Crippen molar-refractivity contribution < 1.29 is 9.32 Å². The summed E-state index contributed by atoms with van der Waals surface area (Å²) in [6.07, 6.45) is 3.57. The number of nitrogens with one attached hydrogen (secondary N) is 1. The molecule has 1 amide bonds. The molecule has 27 heavy (non-hydrogen) atoms. The molecule has 140 valence electrons. The number of amides is 1. The number of fused-ring (bicyclic) bond motifs is 1. The summed E-state index contributed by atoms with van der Waals surface area (Å²) < 4.78 is 5.43. The summed E-state index contributed by atoms with van der Waals surface area (Å²) in [5, 5.41) is 8.27. The van der Waals surface area contributed by atoms with Crippen LogP contribution in [0, 0.1) is 6.92 Å². The molecular formula is C20H23N5O2. The topological polar surface area (TPSA) is 84.2 Å². The van der Waals surface area contributed by atoms with E-state index >= 15 is 0 Å². The molecule has 0 bridgehead atoms. The number of aryl methyl sites for hydroxylation is 1. The van der Waals surface area contributed by atoms with Crippen molar-refractivity contribution in [1.29, 1.82) is 0 Å². The van der Waals surface area contributed by atoms with E-state index in [2.05, 4.69) is 20.4 Å². The Morgan fingerprint density at radius 3 is 3.00 bits per heavy atom. The van der Waals surface area contributed by atoms with Crippen LogP contribution in [0.5, 0.6) is 0 Å². The molecule has 1 unspecified atom stereocenters. The third-order valence-electron chi connectivity index (χ3n) is 4.95. The van der Waals surface area contributed by atoms with Gasteiger partial charge in [0.25, 0.3) is 11.6 Å². The molecule has 1 aliphatic heterocycles. The Hall–Kier alpha value is -2.80. The number of pyridine rings is 2. The molecule has 1 atom stereocenters. The van der Waals surface area contributed by atoms with Gasteiger partial charge >= 0.3 is 0 Å². The van der Waals surface area contributed by atoms with E-state index in [0.29, 0.717) is 24.4 Å². The number of piperazine rings is 1. The lowest BCUT2D eigenvalue weighted by Gasteiger charge is -2.36. The molecule has 7 nitrogen and oxygen atoms in total. The van der Waals surface area contributed by atoms with Crippen molar-refractivity contribution in [3.05, 3.63) is 53.1 Å². The minimum Gasteiger partial charge on any atom is -0.335 e. The summed E-state index contributed by atoms with van der Waals surface area (Å²) in [5.74, 6) is 0.116. The zero-order valence-electron chi connectivity index (χ0n) is 15.8. The number of hydrogen-bond acceptors (Lipinski definition) is 6. The Labute approximate surface area is 157 Å². The normalized spacial score (nSPS) is 17.6. The van der Waals surface area contributed by atoms with Crippen LogP contribution in [0.2, 0.25) is 0 Å². The van der Waals surface area contributed by atoms with Crippen molar-refractivity contribution in [2.45, 2.75) is 32.7 Å². The van der Waals surface area contributed by atoms with Gasteiger partial charge in [-0.1, -0.05) is 25.1 Å². The summed E-state index contributed by atoms with van der Waals surface area (Å²) in [6, 6.07) is 5.69. The first kappa shape index (κ1) is 17.6. The van der Waals surface area contributed by atoms with Gasteiger partial charge in [-0.3, -0.25) is 9.78 Å². The second kappa shape index (κ2) is 7.08. The van der Waals surface area contributed by atoms with Gasteiger partial charge in [0.1, 0.15) is 0 Å². The molecule has 0 saturated carbocycles. The van der Waals surface area contributed by atoms with Crippen LogP contribution >= 0.6 is 0 Å². The molecule has 0 radical (unpaired) electrons. The van der Waals surface area contributed by atoms with Crippen LogP contribution in [0.1, 0.15) is 53.1 Å². The molecule has 0 aromatic carbocycles. The predicted molar refractivity (Wildman–Crippen MR) is 102 cm³/mol. The summed E-state index contributed by atoms with van der Waals surface area (Å²) in [7, 11) is 0. The highest BCUT2D eigenvalue weighted by molar-refractivity contribution is 6.06. The van der Waals surface area contributed by atoms with Crippen LogP contribution in [0.4, 0.5) is 0 Å². The van der Waals surface area contributed by atoms with Gasteiger partial charge in [-0.2, -0.15) is 0 Å². The fourth-order valence-corrected chi connectivity index (χ4v) is 3.63. The maximum absolute atomic E-state index is 13.6. The molecule has 1 fully saturated rings. The molecule has 1 N–H and O–H groups in total. The van der Waals surface area contributed by atoms with Crippen molar-refractivity contribution in [2.75, 3.05) is 19.6 Å². The highest BCUT2D eigenvalue weighted by Crippen LogP contribution is 2.31. The Morgan fingerprint density at radius 2 is 2.26 bits per heavy atom. The van der Waals surface area contributed by atoms with Crippen LogP contribution in [0.3, 0.4) is 0 Å². The Morgan fingerprint density at radius 1 is 1.41 bits per heavy atom. The molecule has 4 rings (SSSR count). The second-order valence-electron chi connectivity index (χ2n) is 7.22. The average molecular weight is 365 g/mol. The molecular weight excluding hydrogens is 342 g/mol. The molecule has 0 spiro atoms. The van der Waals surface area contributed by atoms with Crippen LogP contribution in [0.25, 0.3) is 11.1 Å². The van der Waals surface area contributed by atoms with Gasteiger partial charge in [-0.05, 0) is 30.5 Å². The number of aromatic nitrogens is 3. The SMILES string of the molecule is Cc1cc(C(=O)N2CCNCC2c2cccnc2)c2c(C(C)C)noc2n1. The lowest BCUT2D eigenvalue weighted by Crippen LogP contribution is -2.48. The van der Waals surface area contributed by atoms with Crippen molar-refractivity contribution in [3.63, 3.8) is 0 Å². The highest BCUT2D eigenvalue weighted by Gasteiger charge is 2.31. The van der Waals surface area contributed by atoms with Crippen LogP contribution in [0.15, 0.2) is 35.1 Å². The standard InChI is InChI=1S/C20H23N5O2/c1-12(2)18-17-15(9-13(3)23-19(17)27-24-18)20(26)25-8-7-22-11-16(25)14-5-4-6-21-10-14/h4-6,9-10,12,16,22H,7-8,11H2,1-3H3. The fraction of sp³-hybridized carbons (Fsp3) is 0.400. The van der Waals surface area contributed by atoms with E-state index in [1.165, 1.54) is 0 Å². The third kappa shape index (κ3) is 3.19. The Balaban J connectivity index is 1.80. The molecule has 4 heterocycles. The number of carbonyl (C=O) groups is 1. The van der Waals surface area contributed by atoms with Crippen molar-refractivity contribution in [1.82, 2.24) is 25.3 Å². The highest BCUT2D eigenvalue weighted by atomic mass is 16.5. The summed E-state index contributed by atoms with van der Waals surface area (Å²) >= 11 is 0. The van der Waals surface area contributed by atoms with Gasteiger partial charge in [0, 0.05) is 37.7 Å². The first-order valence-electron chi connectivity index (χ1n) is 9.24. The maximum atomic E-state index is 13.6. The minimum absolute atomic E-state index is 0.0223. The molecule has 1 aliphatic rings. The van der Waals surface area contributed by atoms with E-state index in [1.807, 2.05) is 50.1 Å². The van der Waals surface area contributed by atoms with Crippen LogP contribution in [-0.2, 0) is 0 Å². The lowest BCUT2D eigenvalue weighted by atomic mass is 9.99. The summed E-state index contributed by atoms with van der Waals surface area (Å²) in [5.41, 5.74) is 3.57. The predicted octanol–water partition coefficient (Wildman–Crippen LogP) is 2.84. The Kier molecular flexibility index (Phi) is 4.61. The van der Waals surface area contributed by atoms with Gasteiger partial charge in [0.2, 0.25) is 0 Å². The van der Waals surface area contributed by atoms with E-state index in [-0.39, 0.29) is 17.9 Å².